The number of carbonyl (C=O) groups excluding carboxylic acids is 1. The minimum absolute atomic E-state index is 0.0266. The Morgan fingerprint density at radius 2 is 2.00 bits per heavy atom. The minimum atomic E-state index is -0.641. The molecule has 0 spiro atoms. The summed E-state index contributed by atoms with van der Waals surface area (Å²) in [4.78, 5) is 12.2. The lowest BCUT2D eigenvalue weighted by Crippen LogP contribution is -2.38. The van der Waals surface area contributed by atoms with Gasteiger partial charge in [-0.25, -0.2) is 0 Å². The van der Waals surface area contributed by atoms with E-state index in [4.69, 9.17) is 0 Å². The maximum atomic E-state index is 12.2. The maximum Gasteiger partial charge on any atom is 0.237 e. The maximum absolute atomic E-state index is 12.2. The van der Waals surface area contributed by atoms with E-state index in [-0.39, 0.29) is 11.9 Å². The summed E-state index contributed by atoms with van der Waals surface area (Å²) in [5.74, 6) is -0.832. The van der Waals surface area contributed by atoms with Gasteiger partial charge >= 0.3 is 0 Å². The quantitative estimate of drug-likeness (QED) is 0.890. The molecule has 2 atom stereocenters. The Kier molecular flexibility index (Phi) is 5.53. The Hall–Kier alpha value is -2.12. The number of nitrogens with zero attached hydrogens (tertiary/aromatic N) is 1. The molecule has 1 amide bonds. The summed E-state index contributed by atoms with van der Waals surface area (Å²) >= 11 is 1.65. The fraction of sp³-hybridized carbons (Fsp3) is 0.294. The molecule has 0 saturated heterocycles. The number of rotatable bonds is 6. The Morgan fingerprint density at radius 3 is 2.62 bits per heavy atom. The van der Waals surface area contributed by atoms with E-state index in [1.54, 1.807) is 11.3 Å². The SMILES string of the molecule is CC(Cc1ccsc1)NC(=O)C(C#N)Cc1ccccc1. The van der Waals surface area contributed by atoms with Gasteiger partial charge in [0.05, 0.1) is 6.07 Å². The third kappa shape index (κ3) is 4.73. The van der Waals surface area contributed by atoms with Gasteiger partial charge in [0.25, 0.3) is 0 Å². The Labute approximate surface area is 129 Å². The van der Waals surface area contributed by atoms with Crippen molar-refractivity contribution in [3.05, 3.63) is 58.3 Å². The largest absolute Gasteiger partial charge is 0.352 e. The first-order chi connectivity index (χ1) is 10.2. The van der Waals surface area contributed by atoms with Crippen molar-refractivity contribution in [3.63, 3.8) is 0 Å². The number of amides is 1. The van der Waals surface area contributed by atoms with Crippen molar-refractivity contribution in [1.82, 2.24) is 5.32 Å². The van der Waals surface area contributed by atoms with E-state index in [9.17, 15) is 10.1 Å². The molecular formula is C17H18N2OS. The van der Waals surface area contributed by atoms with E-state index in [2.05, 4.69) is 22.8 Å². The number of benzene rings is 1. The molecule has 4 heteroatoms. The predicted octanol–water partition coefficient (Wildman–Crippen LogP) is 3.18. The Morgan fingerprint density at radius 1 is 1.24 bits per heavy atom. The zero-order valence-electron chi connectivity index (χ0n) is 12.0. The van der Waals surface area contributed by atoms with Gasteiger partial charge in [-0.3, -0.25) is 4.79 Å². The van der Waals surface area contributed by atoms with Gasteiger partial charge in [0.1, 0.15) is 5.92 Å². The zero-order valence-corrected chi connectivity index (χ0v) is 12.8. The Bertz CT molecular complexity index is 601. The molecule has 1 aromatic carbocycles. The van der Waals surface area contributed by atoms with Gasteiger partial charge in [-0.1, -0.05) is 30.3 Å². The van der Waals surface area contributed by atoms with Crippen LogP contribution in [0.1, 0.15) is 18.1 Å². The summed E-state index contributed by atoms with van der Waals surface area (Å²) in [5, 5.41) is 16.3. The summed E-state index contributed by atoms with van der Waals surface area (Å²) in [6, 6.07) is 13.8. The number of nitrogens with one attached hydrogen (secondary N) is 1. The minimum Gasteiger partial charge on any atom is -0.352 e. The molecule has 21 heavy (non-hydrogen) atoms. The molecule has 0 aliphatic carbocycles. The van der Waals surface area contributed by atoms with Crippen LogP contribution in [0, 0.1) is 17.2 Å². The molecule has 108 valence electrons. The van der Waals surface area contributed by atoms with Gasteiger partial charge in [0, 0.05) is 6.04 Å². The van der Waals surface area contributed by atoms with Crippen molar-refractivity contribution < 1.29 is 4.79 Å². The second-order valence-corrected chi connectivity index (χ2v) is 5.90. The first-order valence-corrected chi connectivity index (χ1v) is 7.88. The lowest BCUT2D eigenvalue weighted by atomic mass is 9.99. The molecule has 0 aliphatic heterocycles. The molecule has 0 bridgehead atoms. The summed E-state index contributed by atoms with van der Waals surface area (Å²) in [7, 11) is 0. The first kappa shape index (κ1) is 15.3. The number of nitriles is 1. The Balaban J connectivity index is 1.89. The van der Waals surface area contributed by atoms with Gasteiger partial charge in [-0.05, 0) is 47.7 Å². The molecule has 2 aromatic rings. The monoisotopic (exact) mass is 298 g/mol. The predicted molar refractivity (Wildman–Crippen MR) is 84.9 cm³/mol. The van der Waals surface area contributed by atoms with Gasteiger partial charge < -0.3 is 5.32 Å². The van der Waals surface area contributed by atoms with Crippen LogP contribution in [0.5, 0.6) is 0 Å². The highest BCUT2D eigenvalue weighted by atomic mass is 32.1. The fourth-order valence-electron chi connectivity index (χ4n) is 2.20. The van der Waals surface area contributed by atoms with E-state index in [1.165, 1.54) is 5.56 Å². The van der Waals surface area contributed by atoms with Crippen LogP contribution >= 0.6 is 11.3 Å². The van der Waals surface area contributed by atoms with Crippen molar-refractivity contribution >= 4 is 17.2 Å². The average Bonchev–Trinajstić information content (AvgIpc) is 2.98. The average molecular weight is 298 g/mol. The molecule has 1 N–H and O–H groups in total. The van der Waals surface area contributed by atoms with E-state index >= 15 is 0 Å². The molecule has 2 unspecified atom stereocenters. The highest BCUT2D eigenvalue weighted by Crippen LogP contribution is 2.11. The molecule has 0 fully saturated rings. The van der Waals surface area contributed by atoms with E-state index in [0.717, 1.165) is 12.0 Å². The van der Waals surface area contributed by atoms with Gasteiger partial charge in [0.2, 0.25) is 5.91 Å². The van der Waals surface area contributed by atoms with Crippen LogP contribution in [-0.2, 0) is 17.6 Å². The van der Waals surface area contributed by atoms with Crippen molar-refractivity contribution in [2.75, 3.05) is 0 Å². The molecule has 2 rings (SSSR count). The highest BCUT2D eigenvalue weighted by molar-refractivity contribution is 7.07. The van der Waals surface area contributed by atoms with Crippen molar-refractivity contribution in [2.24, 2.45) is 5.92 Å². The van der Waals surface area contributed by atoms with Crippen molar-refractivity contribution in [2.45, 2.75) is 25.8 Å². The van der Waals surface area contributed by atoms with Crippen LogP contribution in [0.25, 0.3) is 0 Å². The summed E-state index contributed by atoms with van der Waals surface area (Å²) < 4.78 is 0. The van der Waals surface area contributed by atoms with Crippen molar-refractivity contribution in [1.29, 1.82) is 5.26 Å². The normalized spacial score (nSPS) is 13.1. The van der Waals surface area contributed by atoms with Gasteiger partial charge in [-0.2, -0.15) is 16.6 Å². The smallest absolute Gasteiger partial charge is 0.237 e. The lowest BCUT2D eigenvalue weighted by molar-refractivity contribution is -0.123. The zero-order chi connectivity index (χ0) is 15.1. The molecule has 1 aromatic heterocycles. The van der Waals surface area contributed by atoms with E-state index in [0.29, 0.717) is 6.42 Å². The standard InChI is InChI=1S/C17H18N2OS/c1-13(9-15-7-8-21-12-15)19-17(20)16(11-18)10-14-5-3-2-4-6-14/h2-8,12-13,16H,9-10H2,1H3,(H,19,20). The second-order valence-electron chi connectivity index (χ2n) is 5.12. The third-order valence-corrected chi connectivity index (χ3v) is 4.00. The second kappa shape index (κ2) is 7.61. The van der Waals surface area contributed by atoms with E-state index in [1.807, 2.05) is 42.6 Å². The van der Waals surface area contributed by atoms with Crippen LogP contribution in [0.2, 0.25) is 0 Å². The van der Waals surface area contributed by atoms with Crippen LogP contribution in [-0.4, -0.2) is 11.9 Å². The van der Waals surface area contributed by atoms with E-state index < -0.39 is 5.92 Å². The fourth-order valence-corrected chi connectivity index (χ4v) is 2.89. The summed E-state index contributed by atoms with van der Waals surface area (Å²) in [6.07, 6.45) is 1.24. The highest BCUT2D eigenvalue weighted by Gasteiger charge is 2.20. The molecule has 3 nitrogen and oxygen atoms in total. The topological polar surface area (TPSA) is 52.9 Å². The molecule has 0 saturated carbocycles. The van der Waals surface area contributed by atoms with Gasteiger partial charge in [-0.15, -0.1) is 0 Å². The summed E-state index contributed by atoms with van der Waals surface area (Å²) in [6.45, 7) is 1.96. The van der Waals surface area contributed by atoms with Crippen LogP contribution in [0.4, 0.5) is 0 Å². The number of hydrogen-bond acceptors (Lipinski definition) is 3. The third-order valence-electron chi connectivity index (χ3n) is 3.27. The lowest BCUT2D eigenvalue weighted by Gasteiger charge is -2.16. The summed E-state index contributed by atoms with van der Waals surface area (Å²) in [5.41, 5.74) is 2.22. The number of carbonyl (C=O) groups is 1. The number of hydrogen-bond donors (Lipinski definition) is 1. The molecular weight excluding hydrogens is 280 g/mol. The molecule has 0 radical (unpaired) electrons. The molecule has 0 aliphatic rings. The molecule has 1 heterocycles. The van der Waals surface area contributed by atoms with Crippen LogP contribution in [0.15, 0.2) is 47.2 Å². The van der Waals surface area contributed by atoms with Crippen molar-refractivity contribution in [3.8, 4) is 6.07 Å². The number of thiophene rings is 1. The van der Waals surface area contributed by atoms with Crippen LogP contribution in [0.3, 0.4) is 0 Å². The van der Waals surface area contributed by atoms with Crippen LogP contribution < -0.4 is 5.32 Å². The first-order valence-electron chi connectivity index (χ1n) is 6.94. The van der Waals surface area contributed by atoms with Gasteiger partial charge in [0.15, 0.2) is 0 Å².